The van der Waals surface area contributed by atoms with E-state index in [-0.39, 0.29) is 0 Å². The van der Waals surface area contributed by atoms with Gasteiger partial charge in [0.25, 0.3) is 0 Å². The molecule has 0 saturated carbocycles. The lowest BCUT2D eigenvalue weighted by Gasteiger charge is -2.20. The SMILES string of the molecule is CC(C)CC(N)C1CCCN1. The molecule has 0 radical (unpaired) electrons. The summed E-state index contributed by atoms with van der Waals surface area (Å²) in [6.07, 6.45) is 3.72. The zero-order valence-corrected chi connectivity index (χ0v) is 7.64. The van der Waals surface area contributed by atoms with Gasteiger partial charge in [0.15, 0.2) is 0 Å². The highest BCUT2D eigenvalue weighted by Gasteiger charge is 2.21. The lowest BCUT2D eigenvalue weighted by Crippen LogP contribution is -2.41. The average molecular weight is 156 g/mol. The second kappa shape index (κ2) is 4.07. The molecule has 2 heteroatoms. The number of nitrogens with one attached hydrogen (secondary N) is 1. The molecule has 0 aliphatic carbocycles. The van der Waals surface area contributed by atoms with Crippen LogP contribution >= 0.6 is 0 Å². The fourth-order valence-electron chi connectivity index (χ4n) is 1.79. The first kappa shape index (κ1) is 9.01. The Balaban J connectivity index is 2.22. The van der Waals surface area contributed by atoms with E-state index in [1.54, 1.807) is 0 Å². The van der Waals surface area contributed by atoms with Crippen LogP contribution in [-0.2, 0) is 0 Å². The Morgan fingerprint density at radius 3 is 2.73 bits per heavy atom. The highest BCUT2D eigenvalue weighted by atomic mass is 15.0. The maximum absolute atomic E-state index is 6.02. The molecular formula is C9H20N2. The van der Waals surface area contributed by atoms with Gasteiger partial charge in [0.1, 0.15) is 0 Å². The fraction of sp³-hybridized carbons (Fsp3) is 1.00. The zero-order valence-electron chi connectivity index (χ0n) is 7.64. The van der Waals surface area contributed by atoms with E-state index in [0.717, 1.165) is 18.9 Å². The Morgan fingerprint density at radius 2 is 2.27 bits per heavy atom. The van der Waals surface area contributed by atoms with E-state index < -0.39 is 0 Å². The number of hydrogen-bond donors (Lipinski definition) is 2. The minimum Gasteiger partial charge on any atom is -0.326 e. The van der Waals surface area contributed by atoms with E-state index in [1.165, 1.54) is 12.8 Å². The van der Waals surface area contributed by atoms with Crippen molar-refractivity contribution in [2.24, 2.45) is 11.7 Å². The van der Waals surface area contributed by atoms with Gasteiger partial charge in [0.2, 0.25) is 0 Å². The Kier molecular flexibility index (Phi) is 3.34. The van der Waals surface area contributed by atoms with Crippen LogP contribution < -0.4 is 11.1 Å². The maximum atomic E-state index is 6.02. The molecule has 0 bridgehead atoms. The molecule has 1 saturated heterocycles. The lowest BCUT2D eigenvalue weighted by atomic mass is 9.97. The zero-order chi connectivity index (χ0) is 8.27. The van der Waals surface area contributed by atoms with Crippen LogP contribution in [0, 0.1) is 5.92 Å². The van der Waals surface area contributed by atoms with Crippen LogP contribution in [0.15, 0.2) is 0 Å². The van der Waals surface area contributed by atoms with Crippen LogP contribution in [0.5, 0.6) is 0 Å². The molecule has 0 amide bonds. The molecule has 1 heterocycles. The molecule has 3 N–H and O–H groups in total. The average Bonchev–Trinajstić information content (AvgIpc) is 2.35. The highest BCUT2D eigenvalue weighted by Crippen LogP contribution is 2.13. The predicted molar refractivity (Wildman–Crippen MR) is 48.5 cm³/mol. The second-order valence-corrected chi connectivity index (χ2v) is 4.00. The van der Waals surface area contributed by atoms with Crippen molar-refractivity contribution in [1.29, 1.82) is 0 Å². The fourth-order valence-corrected chi connectivity index (χ4v) is 1.79. The van der Waals surface area contributed by atoms with Crippen molar-refractivity contribution in [2.75, 3.05) is 6.54 Å². The molecule has 1 rings (SSSR count). The van der Waals surface area contributed by atoms with Gasteiger partial charge in [-0.3, -0.25) is 0 Å². The molecule has 0 aromatic heterocycles. The molecule has 11 heavy (non-hydrogen) atoms. The van der Waals surface area contributed by atoms with Crippen LogP contribution in [0.4, 0.5) is 0 Å². The van der Waals surface area contributed by atoms with Crippen LogP contribution in [0.1, 0.15) is 33.1 Å². The van der Waals surface area contributed by atoms with Crippen LogP contribution in [0.3, 0.4) is 0 Å². The summed E-state index contributed by atoms with van der Waals surface area (Å²) in [5.74, 6) is 0.729. The topological polar surface area (TPSA) is 38.0 Å². The van der Waals surface area contributed by atoms with Gasteiger partial charge in [0, 0.05) is 12.1 Å². The summed E-state index contributed by atoms with van der Waals surface area (Å²) in [6.45, 7) is 5.63. The smallest absolute Gasteiger partial charge is 0.0219 e. The molecule has 1 aliphatic rings. The maximum Gasteiger partial charge on any atom is 0.0219 e. The first-order chi connectivity index (χ1) is 5.20. The minimum atomic E-state index is 0.373. The minimum absolute atomic E-state index is 0.373. The van der Waals surface area contributed by atoms with Gasteiger partial charge in [-0.15, -0.1) is 0 Å². The van der Waals surface area contributed by atoms with Crippen molar-refractivity contribution in [3.8, 4) is 0 Å². The van der Waals surface area contributed by atoms with E-state index in [9.17, 15) is 0 Å². The van der Waals surface area contributed by atoms with E-state index in [2.05, 4.69) is 19.2 Å². The predicted octanol–water partition coefficient (Wildman–Crippen LogP) is 1.11. The summed E-state index contributed by atoms with van der Waals surface area (Å²) in [5.41, 5.74) is 6.02. The Bertz CT molecular complexity index is 106. The molecule has 1 fully saturated rings. The summed E-state index contributed by atoms with van der Waals surface area (Å²) in [7, 11) is 0. The second-order valence-electron chi connectivity index (χ2n) is 4.00. The first-order valence-electron chi connectivity index (χ1n) is 4.69. The number of nitrogens with two attached hydrogens (primary N) is 1. The van der Waals surface area contributed by atoms with Gasteiger partial charge >= 0.3 is 0 Å². The van der Waals surface area contributed by atoms with Gasteiger partial charge in [-0.1, -0.05) is 13.8 Å². The molecule has 0 aromatic rings. The third kappa shape index (κ3) is 2.80. The summed E-state index contributed by atoms with van der Waals surface area (Å²) in [5, 5.41) is 3.44. The van der Waals surface area contributed by atoms with Crippen LogP contribution in [0.25, 0.3) is 0 Å². The Morgan fingerprint density at radius 1 is 1.55 bits per heavy atom. The van der Waals surface area contributed by atoms with Gasteiger partial charge in [-0.05, 0) is 31.7 Å². The van der Waals surface area contributed by atoms with Crippen molar-refractivity contribution >= 4 is 0 Å². The summed E-state index contributed by atoms with van der Waals surface area (Å²) in [4.78, 5) is 0. The van der Waals surface area contributed by atoms with Crippen LogP contribution in [-0.4, -0.2) is 18.6 Å². The molecule has 2 atom stereocenters. The number of hydrogen-bond acceptors (Lipinski definition) is 2. The van der Waals surface area contributed by atoms with Gasteiger partial charge in [-0.25, -0.2) is 0 Å². The molecule has 1 aliphatic heterocycles. The molecule has 0 aromatic carbocycles. The van der Waals surface area contributed by atoms with Gasteiger partial charge in [-0.2, -0.15) is 0 Å². The summed E-state index contributed by atoms with van der Waals surface area (Å²) < 4.78 is 0. The lowest BCUT2D eigenvalue weighted by molar-refractivity contribution is 0.407. The largest absolute Gasteiger partial charge is 0.326 e. The van der Waals surface area contributed by atoms with Crippen molar-refractivity contribution in [2.45, 2.75) is 45.2 Å². The van der Waals surface area contributed by atoms with E-state index in [4.69, 9.17) is 5.73 Å². The highest BCUT2D eigenvalue weighted by molar-refractivity contribution is 4.84. The normalized spacial score (nSPS) is 27.8. The molecule has 0 spiro atoms. The third-order valence-corrected chi connectivity index (χ3v) is 2.36. The van der Waals surface area contributed by atoms with Crippen LogP contribution in [0.2, 0.25) is 0 Å². The Labute approximate surface area is 69.5 Å². The number of rotatable bonds is 3. The molecule has 66 valence electrons. The summed E-state index contributed by atoms with van der Waals surface area (Å²) in [6, 6.07) is 0.967. The quantitative estimate of drug-likeness (QED) is 0.642. The monoisotopic (exact) mass is 156 g/mol. The van der Waals surface area contributed by atoms with Crippen molar-refractivity contribution in [1.82, 2.24) is 5.32 Å². The van der Waals surface area contributed by atoms with E-state index >= 15 is 0 Å². The molecule has 2 nitrogen and oxygen atoms in total. The standard InChI is InChI=1S/C9H20N2/c1-7(2)6-8(10)9-4-3-5-11-9/h7-9,11H,3-6,10H2,1-2H3. The third-order valence-electron chi connectivity index (χ3n) is 2.36. The van der Waals surface area contributed by atoms with Crippen molar-refractivity contribution < 1.29 is 0 Å². The first-order valence-corrected chi connectivity index (χ1v) is 4.69. The summed E-state index contributed by atoms with van der Waals surface area (Å²) >= 11 is 0. The van der Waals surface area contributed by atoms with E-state index in [1.807, 2.05) is 0 Å². The Hall–Kier alpha value is -0.0800. The molecule has 2 unspecified atom stereocenters. The molecular weight excluding hydrogens is 136 g/mol. The van der Waals surface area contributed by atoms with Crippen molar-refractivity contribution in [3.63, 3.8) is 0 Å². The van der Waals surface area contributed by atoms with Gasteiger partial charge in [0.05, 0.1) is 0 Å². The van der Waals surface area contributed by atoms with E-state index in [0.29, 0.717) is 12.1 Å². The van der Waals surface area contributed by atoms with Gasteiger partial charge < -0.3 is 11.1 Å². The van der Waals surface area contributed by atoms with Crippen molar-refractivity contribution in [3.05, 3.63) is 0 Å².